The predicted octanol–water partition coefficient (Wildman–Crippen LogP) is 4.80. The standard InChI is InChI=1S/C14H22BrFN2/c1-3-5-6-10(4-2)9-18-14-8-12(16)11(15)7-13(14)17/h7-8,10,18H,3-6,9,17H2,1-2H3. The van der Waals surface area contributed by atoms with Gasteiger partial charge in [0, 0.05) is 12.6 Å². The molecule has 0 radical (unpaired) electrons. The highest BCUT2D eigenvalue weighted by Crippen LogP contribution is 2.27. The number of hydrogen-bond acceptors (Lipinski definition) is 2. The fourth-order valence-electron chi connectivity index (χ4n) is 1.91. The van der Waals surface area contributed by atoms with Crippen LogP contribution in [0.2, 0.25) is 0 Å². The molecule has 1 atom stereocenters. The molecule has 1 rings (SSSR count). The maximum atomic E-state index is 13.4. The number of hydrogen-bond donors (Lipinski definition) is 2. The molecular weight excluding hydrogens is 295 g/mol. The van der Waals surface area contributed by atoms with Crippen molar-refractivity contribution >= 4 is 27.3 Å². The molecule has 0 aliphatic heterocycles. The molecule has 1 aromatic rings. The summed E-state index contributed by atoms with van der Waals surface area (Å²) in [5.74, 6) is 0.337. The fraction of sp³-hybridized carbons (Fsp3) is 0.571. The number of unbranched alkanes of at least 4 members (excludes halogenated alkanes) is 1. The van der Waals surface area contributed by atoms with Crippen molar-refractivity contribution in [1.82, 2.24) is 0 Å². The third kappa shape index (κ3) is 4.48. The number of benzene rings is 1. The zero-order valence-corrected chi connectivity index (χ0v) is 12.7. The summed E-state index contributed by atoms with van der Waals surface area (Å²) in [6.07, 6.45) is 4.79. The van der Waals surface area contributed by atoms with E-state index in [1.807, 2.05) is 0 Å². The van der Waals surface area contributed by atoms with Crippen LogP contribution in [0.5, 0.6) is 0 Å². The van der Waals surface area contributed by atoms with E-state index in [0.717, 1.165) is 13.0 Å². The smallest absolute Gasteiger partial charge is 0.139 e. The van der Waals surface area contributed by atoms with Gasteiger partial charge in [-0.05, 0) is 34.3 Å². The first-order valence-corrected chi connectivity index (χ1v) is 7.36. The quantitative estimate of drug-likeness (QED) is 0.709. The Balaban J connectivity index is 2.59. The van der Waals surface area contributed by atoms with E-state index in [9.17, 15) is 4.39 Å². The summed E-state index contributed by atoms with van der Waals surface area (Å²) < 4.78 is 13.8. The van der Waals surface area contributed by atoms with Crippen LogP contribution in [0.4, 0.5) is 15.8 Å². The predicted molar refractivity (Wildman–Crippen MR) is 80.3 cm³/mol. The Hall–Kier alpha value is -0.770. The highest BCUT2D eigenvalue weighted by Gasteiger charge is 2.09. The molecule has 1 aromatic carbocycles. The van der Waals surface area contributed by atoms with E-state index in [0.29, 0.717) is 21.8 Å². The maximum absolute atomic E-state index is 13.4. The number of rotatable bonds is 7. The van der Waals surface area contributed by atoms with Gasteiger partial charge >= 0.3 is 0 Å². The maximum Gasteiger partial charge on any atom is 0.139 e. The summed E-state index contributed by atoms with van der Waals surface area (Å²) in [4.78, 5) is 0. The van der Waals surface area contributed by atoms with Crippen molar-refractivity contribution in [1.29, 1.82) is 0 Å². The van der Waals surface area contributed by atoms with Crippen molar-refractivity contribution < 1.29 is 4.39 Å². The second-order valence-corrected chi connectivity index (χ2v) is 5.51. The molecule has 1 unspecified atom stereocenters. The zero-order valence-electron chi connectivity index (χ0n) is 11.1. The van der Waals surface area contributed by atoms with Gasteiger partial charge in [0.05, 0.1) is 15.8 Å². The van der Waals surface area contributed by atoms with Crippen molar-refractivity contribution in [3.63, 3.8) is 0 Å². The fourth-order valence-corrected chi connectivity index (χ4v) is 2.27. The number of halogens is 2. The van der Waals surface area contributed by atoms with Crippen molar-refractivity contribution in [3.8, 4) is 0 Å². The van der Waals surface area contributed by atoms with Crippen molar-refractivity contribution in [2.24, 2.45) is 5.92 Å². The van der Waals surface area contributed by atoms with Gasteiger partial charge in [-0.25, -0.2) is 4.39 Å². The lowest BCUT2D eigenvalue weighted by Crippen LogP contribution is -2.14. The van der Waals surface area contributed by atoms with Gasteiger partial charge < -0.3 is 11.1 Å². The summed E-state index contributed by atoms with van der Waals surface area (Å²) in [6, 6.07) is 3.05. The molecule has 3 N–H and O–H groups in total. The molecule has 0 saturated carbocycles. The van der Waals surface area contributed by atoms with Crippen LogP contribution >= 0.6 is 15.9 Å². The Morgan fingerprint density at radius 1 is 1.39 bits per heavy atom. The van der Waals surface area contributed by atoms with Gasteiger partial charge in [-0.15, -0.1) is 0 Å². The summed E-state index contributed by atoms with van der Waals surface area (Å²) >= 11 is 3.13. The largest absolute Gasteiger partial charge is 0.397 e. The van der Waals surface area contributed by atoms with E-state index in [1.54, 1.807) is 6.07 Å². The lowest BCUT2D eigenvalue weighted by atomic mass is 9.99. The van der Waals surface area contributed by atoms with Crippen LogP contribution in [0.15, 0.2) is 16.6 Å². The second kappa shape index (κ2) is 7.62. The molecule has 0 bridgehead atoms. The molecule has 0 heterocycles. The normalized spacial score (nSPS) is 12.4. The molecule has 102 valence electrons. The molecule has 0 saturated heterocycles. The highest BCUT2D eigenvalue weighted by atomic mass is 79.9. The molecule has 0 spiro atoms. The molecule has 2 nitrogen and oxygen atoms in total. The Labute approximate surface area is 117 Å². The van der Waals surface area contributed by atoms with Gasteiger partial charge in [0.2, 0.25) is 0 Å². The minimum Gasteiger partial charge on any atom is -0.397 e. The Bertz CT molecular complexity index is 382. The SMILES string of the molecule is CCCCC(CC)CNc1cc(F)c(Br)cc1N. The first kappa shape index (κ1) is 15.3. The zero-order chi connectivity index (χ0) is 13.5. The first-order chi connectivity index (χ1) is 8.58. The third-order valence-corrected chi connectivity index (χ3v) is 3.82. The minimum absolute atomic E-state index is 0.284. The summed E-state index contributed by atoms with van der Waals surface area (Å²) in [5, 5.41) is 3.26. The van der Waals surface area contributed by atoms with Crippen LogP contribution in [-0.4, -0.2) is 6.54 Å². The Kier molecular flexibility index (Phi) is 6.47. The van der Waals surface area contributed by atoms with Crippen LogP contribution in [0, 0.1) is 11.7 Å². The molecule has 0 aliphatic carbocycles. The molecule has 0 aliphatic rings. The number of nitrogens with two attached hydrogens (primary N) is 1. The van der Waals surface area contributed by atoms with E-state index in [2.05, 4.69) is 35.1 Å². The average Bonchev–Trinajstić information content (AvgIpc) is 2.35. The lowest BCUT2D eigenvalue weighted by molar-refractivity contribution is 0.472. The van der Waals surface area contributed by atoms with Crippen LogP contribution in [0.3, 0.4) is 0 Å². The number of nitrogens with one attached hydrogen (secondary N) is 1. The monoisotopic (exact) mass is 316 g/mol. The molecule has 0 aromatic heterocycles. The van der Waals surface area contributed by atoms with Crippen molar-refractivity contribution in [3.05, 3.63) is 22.4 Å². The van der Waals surface area contributed by atoms with Gasteiger partial charge in [0.1, 0.15) is 5.82 Å². The molecule has 0 fully saturated rings. The van der Waals surface area contributed by atoms with Gasteiger partial charge in [-0.2, -0.15) is 0 Å². The summed E-state index contributed by atoms with van der Waals surface area (Å²) in [6.45, 7) is 5.23. The number of anilines is 2. The molecule has 18 heavy (non-hydrogen) atoms. The van der Waals surface area contributed by atoms with E-state index >= 15 is 0 Å². The van der Waals surface area contributed by atoms with E-state index in [-0.39, 0.29) is 5.82 Å². The van der Waals surface area contributed by atoms with E-state index in [4.69, 9.17) is 5.73 Å². The van der Waals surface area contributed by atoms with Gasteiger partial charge in [0.25, 0.3) is 0 Å². The molecule has 0 amide bonds. The number of nitrogen functional groups attached to an aromatic ring is 1. The van der Waals surface area contributed by atoms with E-state index < -0.39 is 0 Å². The van der Waals surface area contributed by atoms with Crippen LogP contribution in [0.25, 0.3) is 0 Å². The topological polar surface area (TPSA) is 38.0 Å². The third-order valence-electron chi connectivity index (χ3n) is 3.22. The van der Waals surface area contributed by atoms with Crippen molar-refractivity contribution in [2.75, 3.05) is 17.6 Å². The van der Waals surface area contributed by atoms with E-state index in [1.165, 1.54) is 25.3 Å². The molecule has 4 heteroatoms. The van der Waals surface area contributed by atoms with Crippen LogP contribution in [-0.2, 0) is 0 Å². The van der Waals surface area contributed by atoms with Crippen LogP contribution in [0.1, 0.15) is 39.5 Å². The molecular formula is C14H22BrFN2. The summed E-state index contributed by atoms with van der Waals surface area (Å²) in [7, 11) is 0. The highest BCUT2D eigenvalue weighted by molar-refractivity contribution is 9.10. The van der Waals surface area contributed by atoms with Crippen molar-refractivity contribution in [2.45, 2.75) is 39.5 Å². The van der Waals surface area contributed by atoms with Crippen LogP contribution < -0.4 is 11.1 Å². The lowest BCUT2D eigenvalue weighted by Gasteiger charge is -2.17. The van der Waals surface area contributed by atoms with Gasteiger partial charge in [0.15, 0.2) is 0 Å². The minimum atomic E-state index is -0.284. The second-order valence-electron chi connectivity index (χ2n) is 4.65. The summed E-state index contributed by atoms with van der Waals surface area (Å²) in [5.41, 5.74) is 7.12. The van der Waals surface area contributed by atoms with Gasteiger partial charge in [-0.1, -0.05) is 33.1 Å². The van der Waals surface area contributed by atoms with Gasteiger partial charge in [-0.3, -0.25) is 0 Å². The Morgan fingerprint density at radius 3 is 2.72 bits per heavy atom. The first-order valence-electron chi connectivity index (χ1n) is 6.56. The Morgan fingerprint density at radius 2 is 2.11 bits per heavy atom. The average molecular weight is 317 g/mol.